The summed E-state index contributed by atoms with van der Waals surface area (Å²) in [5, 5.41) is -0.532. The highest BCUT2D eigenvalue weighted by Gasteiger charge is 2.36. The van der Waals surface area contributed by atoms with Crippen molar-refractivity contribution in [3.8, 4) is 11.3 Å². The molecule has 0 N–H and O–H groups in total. The van der Waals surface area contributed by atoms with Crippen LogP contribution in [0, 0.1) is 0 Å². The second-order valence-electron chi connectivity index (χ2n) is 6.84. The van der Waals surface area contributed by atoms with Crippen molar-refractivity contribution in [3.05, 3.63) is 52.6 Å². The van der Waals surface area contributed by atoms with Gasteiger partial charge in [0.15, 0.2) is 0 Å². The van der Waals surface area contributed by atoms with E-state index in [4.69, 9.17) is 13.9 Å². The number of thioether (sulfide) groups is 1. The number of nitrogens with zero attached hydrogens (tertiary/aromatic N) is 1. The third kappa shape index (κ3) is 5.67. The van der Waals surface area contributed by atoms with Crippen LogP contribution in [-0.4, -0.2) is 47.7 Å². The Kier molecular flexibility index (Phi) is 7.88. The van der Waals surface area contributed by atoms with Gasteiger partial charge in [-0.3, -0.25) is 19.3 Å². The van der Waals surface area contributed by atoms with Crippen LogP contribution in [0.15, 0.2) is 45.7 Å². The van der Waals surface area contributed by atoms with Gasteiger partial charge in [0, 0.05) is 11.6 Å². The van der Waals surface area contributed by atoms with Crippen LogP contribution in [0.5, 0.6) is 0 Å². The predicted octanol–water partition coefficient (Wildman–Crippen LogP) is 4.50. The Labute approximate surface area is 189 Å². The molecule has 2 amide bonds. The maximum absolute atomic E-state index is 12.5. The van der Waals surface area contributed by atoms with Crippen LogP contribution >= 0.6 is 11.8 Å². The SMILES string of the molecule is CCCCOC(=O)CN1C(=O)S/C(=C/c2ccc(-c3ccc(C(=O)OCC)cc3)o2)C1=O. The number of hydrogen-bond acceptors (Lipinski definition) is 8. The van der Waals surface area contributed by atoms with E-state index >= 15 is 0 Å². The maximum atomic E-state index is 12.5. The maximum Gasteiger partial charge on any atom is 0.338 e. The molecule has 2 heterocycles. The molecule has 8 nitrogen and oxygen atoms in total. The molecule has 0 radical (unpaired) electrons. The Morgan fingerprint density at radius 3 is 2.50 bits per heavy atom. The fourth-order valence-corrected chi connectivity index (χ4v) is 3.66. The summed E-state index contributed by atoms with van der Waals surface area (Å²) in [7, 11) is 0. The Morgan fingerprint density at radius 2 is 1.81 bits per heavy atom. The van der Waals surface area contributed by atoms with E-state index in [0.29, 0.717) is 23.7 Å². The molecule has 1 aromatic heterocycles. The Hall–Kier alpha value is -3.33. The third-order valence-electron chi connectivity index (χ3n) is 4.50. The molecule has 3 rings (SSSR count). The summed E-state index contributed by atoms with van der Waals surface area (Å²) in [6.45, 7) is 3.85. The van der Waals surface area contributed by atoms with Crippen LogP contribution in [-0.2, 0) is 19.1 Å². The van der Waals surface area contributed by atoms with Crippen molar-refractivity contribution < 1.29 is 33.1 Å². The molecule has 1 saturated heterocycles. The van der Waals surface area contributed by atoms with Crippen molar-refractivity contribution in [1.29, 1.82) is 0 Å². The minimum Gasteiger partial charge on any atom is -0.464 e. The lowest BCUT2D eigenvalue weighted by Crippen LogP contribution is -2.34. The van der Waals surface area contributed by atoms with E-state index in [-0.39, 0.29) is 11.5 Å². The number of amides is 2. The number of unbranched alkanes of at least 4 members (excludes halogenated alkanes) is 1. The van der Waals surface area contributed by atoms with Gasteiger partial charge in [-0.2, -0.15) is 0 Å². The summed E-state index contributed by atoms with van der Waals surface area (Å²) < 4.78 is 15.8. The highest BCUT2D eigenvalue weighted by molar-refractivity contribution is 8.18. The summed E-state index contributed by atoms with van der Waals surface area (Å²) in [5.41, 5.74) is 1.17. The monoisotopic (exact) mass is 457 g/mol. The number of imide groups is 1. The lowest BCUT2D eigenvalue weighted by Gasteiger charge is -2.11. The highest BCUT2D eigenvalue weighted by atomic mass is 32.2. The van der Waals surface area contributed by atoms with Crippen LogP contribution in [0.4, 0.5) is 4.79 Å². The Balaban J connectivity index is 1.67. The van der Waals surface area contributed by atoms with E-state index in [1.54, 1.807) is 43.3 Å². The largest absolute Gasteiger partial charge is 0.464 e. The van der Waals surface area contributed by atoms with Crippen molar-refractivity contribution in [3.63, 3.8) is 0 Å². The average Bonchev–Trinajstić information content (AvgIpc) is 3.35. The fraction of sp³-hybridized carbons (Fsp3) is 0.304. The number of carbonyl (C=O) groups is 4. The van der Waals surface area contributed by atoms with Crippen molar-refractivity contribution in [1.82, 2.24) is 4.90 Å². The average molecular weight is 458 g/mol. The van der Waals surface area contributed by atoms with Crippen LogP contribution in [0.3, 0.4) is 0 Å². The number of ether oxygens (including phenoxy) is 2. The molecule has 1 aromatic carbocycles. The van der Waals surface area contributed by atoms with Crippen molar-refractivity contribution in [2.75, 3.05) is 19.8 Å². The predicted molar refractivity (Wildman–Crippen MR) is 119 cm³/mol. The molecule has 0 saturated carbocycles. The zero-order valence-corrected chi connectivity index (χ0v) is 18.6. The summed E-state index contributed by atoms with van der Waals surface area (Å²) in [6.07, 6.45) is 3.06. The number of hydrogen-bond donors (Lipinski definition) is 0. The molecule has 1 fully saturated rings. The highest BCUT2D eigenvalue weighted by Crippen LogP contribution is 2.33. The number of esters is 2. The van der Waals surface area contributed by atoms with Crippen LogP contribution in [0.2, 0.25) is 0 Å². The standard InChI is InChI=1S/C23H23NO7S/c1-3-5-12-30-20(25)14-24-21(26)19(32-23(24)28)13-17-10-11-18(31-17)15-6-8-16(9-7-15)22(27)29-4-2/h6-11,13H,3-5,12,14H2,1-2H3/b19-13+. The lowest BCUT2D eigenvalue weighted by molar-refractivity contribution is -0.146. The molecule has 9 heteroatoms. The molecule has 0 bridgehead atoms. The summed E-state index contributed by atoms with van der Waals surface area (Å²) in [5.74, 6) is -0.669. The zero-order valence-electron chi connectivity index (χ0n) is 17.8. The van der Waals surface area contributed by atoms with Crippen molar-refractivity contribution >= 4 is 40.9 Å². The van der Waals surface area contributed by atoms with Gasteiger partial charge in [0.25, 0.3) is 11.1 Å². The van der Waals surface area contributed by atoms with Gasteiger partial charge in [-0.15, -0.1) is 0 Å². The first-order valence-corrected chi connectivity index (χ1v) is 11.0. The van der Waals surface area contributed by atoms with Crippen molar-refractivity contribution in [2.45, 2.75) is 26.7 Å². The van der Waals surface area contributed by atoms with Gasteiger partial charge in [-0.05, 0) is 49.4 Å². The smallest absolute Gasteiger partial charge is 0.338 e. The van der Waals surface area contributed by atoms with E-state index < -0.39 is 29.6 Å². The van der Waals surface area contributed by atoms with Gasteiger partial charge in [0.2, 0.25) is 0 Å². The molecule has 0 atom stereocenters. The van der Waals surface area contributed by atoms with Gasteiger partial charge >= 0.3 is 11.9 Å². The minimum atomic E-state index is -0.617. The van der Waals surface area contributed by atoms with Crippen LogP contribution < -0.4 is 0 Å². The number of furan rings is 1. The van der Waals surface area contributed by atoms with Gasteiger partial charge in [0.1, 0.15) is 18.1 Å². The van der Waals surface area contributed by atoms with E-state index in [2.05, 4.69) is 0 Å². The first-order chi connectivity index (χ1) is 15.4. The first kappa shape index (κ1) is 23.3. The fourth-order valence-electron chi connectivity index (χ4n) is 2.84. The Bertz CT molecular complexity index is 1040. The third-order valence-corrected chi connectivity index (χ3v) is 5.41. The number of benzene rings is 1. The van der Waals surface area contributed by atoms with E-state index in [0.717, 1.165) is 35.1 Å². The molecule has 0 spiro atoms. The lowest BCUT2D eigenvalue weighted by atomic mass is 10.1. The quantitative estimate of drug-likeness (QED) is 0.308. The Morgan fingerprint density at radius 1 is 1.06 bits per heavy atom. The summed E-state index contributed by atoms with van der Waals surface area (Å²) in [4.78, 5) is 49.3. The van der Waals surface area contributed by atoms with Gasteiger partial charge in [-0.25, -0.2) is 4.79 Å². The minimum absolute atomic E-state index is 0.162. The second-order valence-corrected chi connectivity index (χ2v) is 7.83. The van der Waals surface area contributed by atoms with E-state index in [1.807, 2.05) is 6.92 Å². The number of rotatable bonds is 9. The number of carbonyl (C=O) groups excluding carboxylic acids is 4. The molecule has 168 valence electrons. The summed E-state index contributed by atoms with van der Waals surface area (Å²) >= 11 is 0.741. The van der Waals surface area contributed by atoms with E-state index in [9.17, 15) is 19.2 Å². The normalized spacial score (nSPS) is 14.8. The molecular weight excluding hydrogens is 434 g/mol. The van der Waals surface area contributed by atoms with Crippen LogP contribution in [0.1, 0.15) is 42.8 Å². The van der Waals surface area contributed by atoms with Gasteiger partial charge < -0.3 is 13.9 Å². The summed E-state index contributed by atoms with van der Waals surface area (Å²) in [6, 6.07) is 10.1. The first-order valence-electron chi connectivity index (χ1n) is 10.2. The molecule has 2 aromatic rings. The molecule has 32 heavy (non-hydrogen) atoms. The van der Waals surface area contributed by atoms with E-state index in [1.165, 1.54) is 6.08 Å². The molecule has 0 aliphatic carbocycles. The van der Waals surface area contributed by atoms with Crippen LogP contribution in [0.25, 0.3) is 17.4 Å². The molecular formula is C23H23NO7S. The molecule has 1 aliphatic rings. The zero-order chi connectivity index (χ0) is 23.1. The molecule has 1 aliphatic heterocycles. The van der Waals surface area contributed by atoms with Gasteiger partial charge in [0.05, 0.1) is 23.7 Å². The molecule has 0 unspecified atom stereocenters. The topological polar surface area (TPSA) is 103 Å². The van der Waals surface area contributed by atoms with Crippen molar-refractivity contribution in [2.24, 2.45) is 0 Å². The second kappa shape index (κ2) is 10.8. The van der Waals surface area contributed by atoms with Gasteiger partial charge in [-0.1, -0.05) is 25.5 Å².